The van der Waals surface area contributed by atoms with Crippen LogP contribution in [0.15, 0.2) is 35.9 Å². The smallest absolute Gasteiger partial charge is 0.381 e. The van der Waals surface area contributed by atoms with Crippen molar-refractivity contribution < 1.29 is 17.9 Å². The lowest BCUT2D eigenvalue weighted by atomic mass is 9.80. The minimum absolute atomic E-state index is 0.115. The van der Waals surface area contributed by atoms with Crippen LogP contribution in [-0.4, -0.2) is 26.3 Å². The van der Waals surface area contributed by atoms with E-state index in [9.17, 15) is 13.2 Å². The van der Waals surface area contributed by atoms with Crippen molar-refractivity contribution in [1.82, 2.24) is 5.32 Å². The zero-order valence-electron chi connectivity index (χ0n) is 19.7. The fourth-order valence-corrected chi connectivity index (χ4v) is 4.48. The highest BCUT2D eigenvalue weighted by Gasteiger charge is 2.31. The molecule has 1 N–H and O–H groups in total. The Morgan fingerprint density at radius 1 is 0.935 bits per heavy atom. The van der Waals surface area contributed by atoms with E-state index in [1.165, 1.54) is 44.3 Å². The Morgan fingerprint density at radius 2 is 1.45 bits per heavy atom. The lowest BCUT2D eigenvalue weighted by Crippen LogP contribution is -2.33. The standard InChI is InChI=1S/C16H21F3.C10H19NO/c1-12(2)6-5-11-15(3,4)13-7-9-14(10-8-13)16(17,18)19;1-5-11-6-2-9(1)10-3-7-12-8-4-10/h6-10H,5,11H2,1-4H3;9-11H,1-8H2. The van der Waals surface area contributed by atoms with E-state index in [0.717, 1.165) is 55.6 Å². The summed E-state index contributed by atoms with van der Waals surface area (Å²) in [4.78, 5) is 0. The molecule has 2 saturated heterocycles. The number of piperidine rings is 1. The molecule has 0 atom stereocenters. The van der Waals surface area contributed by atoms with Gasteiger partial charge in [-0.05, 0) is 100 Å². The Labute approximate surface area is 186 Å². The number of rotatable bonds is 5. The predicted molar refractivity (Wildman–Crippen MR) is 122 cm³/mol. The van der Waals surface area contributed by atoms with Crippen molar-refractivity contribution in [3.05, 3.63) is 47.0 Å². The van der Waals surface area contributed by atoms with E-state index < -0.39 is 11.7 Å². The molecule has 0 aliphatic carbocycles. The van der Waals surface area contributed by atoms with E-state index in [1.54, 1.807) is 12.1 Å². The minimum atomic E-state index is -4.26. The van der Waals surface area contributed by atoms with Crippen molar-refractivity contribution in [1.29, 1.82) is 0 Å². The number of ether oxygens (including phenoxy) is 1. The van der Waals surface area contributed by atoms with Gasteiger partial charge < -0.3 is 10.1 Å². The van der Waals surface area contributed by atoms with Gasteiger partial charge in [0.2, 0.25) is 0 Å². The van der Waals surface area contributed by atoms with Crippen LogP contribution in [0.25, 0.3) is 0 Å². The molecule has 31 heavy (non-hydrogen) atoms. The fraction of sp³-hybridized carbons (Fsp3) is 0.692. The number of nitrogens with one attached hydrogen (secondary N) is 1. The van der Waals surface area contributed by atoms with Gasteiger partial charge in [0.15, 0.2) is 0 Å². The van der Waals surface area contributed by atoms with Crippen LogP contribution in [0.1, 0.15) is 77.3 Å². The van der Waals surface area contributed by atoms with Gasteiger partial charge in [-0.1, -0.05) is 37.6 Å². The van der Waals surface area contributed by atoms with Crippen LogP contribution < -0.4 is 5.32 Å². The number of halogens is 3. The van der Waals surface area contributed by atoms with Crippen LogP contribution in [-0.2, 0) is 16.3 Å². The first-order valence-corrected chi connectivity index (χ1v) is 11.7. The maximum Gasteiger partial charge on any atom is 0.416 e. The molecular formula is C26H40F3NO. The molecule has 5 heteroatoms. The first-order valence-electron chi connectivity index (χ1n) is 11.7. The maximum absolute atomic E-state index is 12.5. The summed E-state index contributed by atoms with van der Waals surface area (Å²) in [6.45, 7) is 12.7. The van der Waals surface area contributed by atoms with Gasteiger partial charge in [-0.25, -0.2) is 0 Å². The molecule has 2 fully saturated rings. The molecule has 0 bridgehead atoms. The molecule has 1 aromatic carbocycles. The fourth-order valence-electron chi connectivity index (χ4n) is 4.48. The number of hydrogen-bond acceptors (Lipinski definition) is 2. The van der Waals surface area contributed by atoms with Crippen molar-refractivity contribution in [2.24, 2.45) is 11.8 Å². The molecule has 0 unspecified atom stereocenters. The summed E-state index contributed by atoms with van der Waals surface area (Å²) >= 11 is 0. The quantitative estimate of drug-likeness (QED) is 0.492. The van der Waals surface area contributed by atoms with Crippen LogP contribution in [0.5, 0.6) is 0 Å². The van der Waals surface area contributed by atoms with Crippen molar-refractivity contribution in [3.63, 3.8) is 0 Å². The normalized spacial score (nSPS) is 18.8. The van der Waals surface area contributed by atoms with Crippen molar-refractivity contribution in [2.75, 3.05) is 26.3 Å². The van der Waals surface area contributed by atoms with Gasteiger partial charge in [0.05, 0.1) is 5.56 Å². The lowest BCUT2D eigenvalue weighted by molar-refractivity contribution is -0.137. The van der Waals surface area contributed by atoms with Gasteiger partial charge in [0.25, 0.3) is 0 Å². The third kappa shape index (κ3) is 8.97. The summed E-state index contributed by atoms with van der Waals surface area (Å²) in [5, 5.41) is 3.42. The predicted octanol–water partition coefficient (Wildman–Crippen LogP) is 7.14. The molecule has 0 amide bonds. The van der Waals surface area contributed by atoms with Crippen molar-refractivity contribution in [3.8, 4) is 0 Å². The number of allylic oxidation sites excluding steroid dienone is 2. The molecule has 1 aromatic rings. The summed E-state index contributed by atoms with van der Waals surface area (Å²) in [6.07, 6.45) is 5.17. The molecular weight excluding hydrogens is 399 g/mol. The average molecular weight is 440 g/mol. The Balaban J connectivity index is 0.000000242. The SMILES string of the molecule is C1CC(C2CCOCC2)CCN1.CC(C)=CCCC(C)(C)c1ccc(C(F)(F)F)cc1. The molecule has 2 aliphatic rings. The van der Waals surface area contributed by atoms with Gasteiger partial charge in [-0.3, -0.25) is 0 Å². The highest BCUT2D eigenvalue weighted by atomic mass is 19.4. The van der Waals surface area contributed by atoms with E-state index in [-0.39, 0.29) is 5.41 Å². The number of benzene rings is 1. The lowest BCUT2D eigenvalue weighted by Gasteiger charge is -2.33. The molecule has 2 aliphatic heterocycles. The first kappa shape index (κ1) is 25.9. The van der Waals surface area contributed by atoms with Gasteiger partial charge in [0, 0.05) is 13.2 Å². The summed E-state index contributed by atoms with van der Waals surface area (Å²) in [5.41, 5.74) is 1.51. The molecule has 176 valence electrons. The zero-order chi connectivity index (χ0) is 22.9. The van der Waals surface area contributed by atoms with Crippen LogP contribution in [0.4, 0.5) is 13.2 Å². The minimum Gasteiger partial charge on any atom is -0.381 e. The van der Waals surface area contributed by atoms with Crippen LogP contribution >= 0.6 is 0 Å². The summed E-state index contributed by atoms with van der Waals surface area (Å²) in [5.74, 6) is 1.97. The number of hydrogen-bond donors (Lipinski definition) is 1. The topological polar surface area (TPSA) is 21.3 Å². The first-order chi connectivity index (χ1) is 14.6. The Bertz CT molecular complexity index is 647. The molecule has 0 spiro atoms. The molecule has 2 heterocycles. The molecule has 0 radical (unpaired) electrons. The second kappa shape index (κ2) is 12.1. The van der Waals surface area contributed by atoms with E-state index in [4.69, 9.17) is 4.74 Å². The third-order valence-corrected chi connectivity index (χ3v) is 6.63. The van der Waals surface area contributed by atoms with E-state index in [0.29, 0.717) is 0 Å². The van der Waals surface area contributed by atoms with Crippen LogP contribution in [0, 0.1) is 11.8 Å². The zero-order valence-corrected chi connectivity index (χ0v) is 19.7. The second-order valence-electron chi connectivity index (χ2n) is 9.82. The summed E-state index contributed by atoms with van der Waals surface area (Å²) in [6, 6.07) is 5.51. The largest absolute Gasteiger partial charge is 0.416 e. The molecule has 2 nitrogen and oxygen atoms in total. The van der Waals surface area contributed by atoms with Gasteiger partial charge in [0.1, 0.15) is 0 Å². The third-order valence-electron chi connectivity index (χ3n) is 6.63. The van der Waals surface area contributed by atoms with Crippen molar-refractivity contribution >= 4 is 0 Å². The Kier molecular flexibility index (Phi) is 10.1. The summed E-state index contributed by atoms with van der Waals surface area (Å²) in [7, 11) is 0. The maximum atomic E-state index is 12.5. The Hall–Kier alpha value is -1.33. The van der Waals surface area contributed by atoms with Crippen molar-refractivity contribution in [2.45, 2.75) is 77.8 Å². The Morgan fingerprint density at radius 3 is 1.97 bits per heavy atom. The van der Waals surface area contributed by atoms with Crippen LogP contribution in [0.3, 0.4) is 0 Å². The highest BCUT2D eigenvalue weighted by Crippen LogP contribution is 2.33. The highest BCUT2D eigenvalue weighted by molar-refractivity contribution is 5.29. The molecule has 0 aromatic heterocycles. The van der Waals surface area contributed by atoms with E-state index in [1.807, 2.05) is 13.8 Å². The molecule has 3 rings (SSSR count). The molecule has 0 saturated carbocycles. The van der Waals surface area contributed by atoms with Gasteiger partial charge >= 0.3 is 6.18 Å². The van der Waals surface area contributed by atoms with Gasteiger partial charge in [-0.2, -0.15) is 13.2 Å². The monoisotopic (exact) mass is 439 g/mol. The van der Waals surface area contributed by atoms with Crippen LogP contribution in [0.2, 0.25) is 0 Å². The average Bonchev–Trinajstić information content (AvgIpc) is 2.74. The van der Waals surface area contributed by atoms with Gasteiger partial charge in [-0.15, -0.1) is 0 Å². The van der Waals surface area contributed by atoms with E-state index in [2.05, 4.69) is 25.2 Å². The summed E-state index contributed by atoms with van der Waals surface area (Å²) < 4.78 is 42.9. The number of alkyl halides is 3. The second-order valence-corrected chi connectivity index (χ2v) is 9.82. The van der Waals surface area contributed by atoms with E-state index >= 15 is 0 Å².